The van der Waals surface area contributed by atoms with Crippen LogP contribution in [0.4, 0.5) is 17.1 Å². The Labute approximate surface area is 287 Å². The zero-order valence-corrected chi connectivity index (χ0v) is 27.5. The fourth-order valence-electron chi connectivity index (χ4n) is 6.93. The molecule has 49 heavy (non-hydrogen) atoms. The molecule has 0 bridgehead atoms. The van der Waals surface area contributed by atoms with E-state index < -0.39 is 0 Å². The van der Waals surface area contributed by atoms with Crippen molar-refractivity contribution in [1.82, 2.24) is 4.57 Å². The number of hydrogen-bond acceptors (Lipinski definition) is 2. The summed E-state index contributed by atoms with van der Waals surface area (Å²) < 4.78 is 2.36. The van der Waals surface area contributed by atoms with Gasteiger partial charge in [-0.3, -0.25) is 0 Å². The van der Waals surface area contributed by atoms with Gasteiger partial charge < -0.3 is 15.2 Å². The third-order valence-corrected chi connectivity index (χ3v) is 9.44. The smallest absolute Gasteiger partial charge is 0.0541 e. The van der Waals surface area contributed by atoms with Crippen LogP contribution in [-0.4, -0.2) is 11.6 Å². The van der Waals surface area contributed by atoms with Gasteiger partial charge in [0.15, 0.2) is 0 Å². The highest BCUT2D eigenvalue weighted by Gasteiger charge is 2.16. The number of nitrogen functional groups attached to an aromatic ring is 1. The minimum atomic E-state index is 0.872. The number of nitrogens with two attached hydrogens (primary N) is 1. The molecule has 0 fully saturated rings. The molecule has 1 aromatic heterocycles. The summed E-state index contributed by atoms with van der Waals surface area (Å²) >= 11 is 0. The molecule has 2 N–H and O–H groups in total. The first-order valence-electron chi connectivity index (χ1n) is 16.8. The molecule has 3 nitrogen and oxygen atoms in total. The molecule has 3 heteroatoms. The number of para-hydroxylation sites is 4. The summed E-state index contributed by atoms with van der Waals surface area (Å²) in [5, 5.41) is 2.55. The minimum absolute atomic E-state index is 0.872. The van der Waals surface area contributed by atoms with Gasteiger partial charge in [0.2, 0.25) is 0 Å². The van der Waals surface area contributed by atoms with Gasteiger partial charge in [-0.2, -0.15) is 0 Å². The molecule has 0 amide bonds. The number of anilines is 3. The maximum absolute atomic E-state index is 5.87. The molecule has 7 aromatic carbocycles. The van der Waals surface area contributed by atoms with Crippen LogP contribution in [0, 0.1) is 0 Å². The van der Waals surface area contributed by atoms with Gasteiger partial charge in [-0.05, 0) is 94.4 Å². The molecular weight excluding hydrogens is 595 g/mol. The number of benzene rings is 7. The van der Waals surface area contributed by atoms with Crippen molar-refractivity contribution in [1.29, 1.82) is 0 Å². The van der Waals surface area contributed by atoms with Crippen LogP contribution in [0.3, 0.4) is 0 Å². The quantitative estimate of drug-likeness (QED) is 0.196. The fraction of sp³-hybridized carbons (Fsp3) is 0.0435. The summed E-state index contributed by atoms with van der Waals surface area (Å²) in [6, 6.07) is 59.9. The van der Waals surface area contributed by atoms with Crippen LogP contribution in [-0.2, 0) is 6.42 Å². The summed E-state index contributed by atoms with van der Waals surface area (Å²) in [7, 11) is 2.15. The first-order valence-corrected chi connectivity index (χ1v) is 16.8. The summed E-state index contributed by atoms with van der Waals surface area (Å²) in [4.78, 5) is 2.28. The zero-order valence-electron chi connectivity index (χ0n) is 27.5. The molecule has 1 aliphatic rings. The Hall–Kier alpha value is -6.32. The summed E-state index contributed by atoms with van der Waals surface area (Å²) in [6.07, 6.45) is 5.37. The average molecular weight is 632 g/mol. The normalized spacial score (nSPS) is 11.8. The van der Waals surface area contributed by atoms with Crippen LogP contribution in [0.2, 0.25) is 0 Å². The number of nitrogens with zero attached hydrogens (tertiary/aromatic N) is 2. The van der Waals surface area contributed by atoms with Gasteiger partial charge >= 0.3 is 0 Å². The Kier molecular flexibility index (Phi) is 8.01. The van der Waals surface area contributed by atoms with Crippen molar-refractivity contribution in [2.45, 2.75) is 6.42 Å². The number of hydrogen-bond donors (Lipinski definition) is 1. The van der Waals surface area contributed by atoms with Gasteiger partial charge in [-0.1, -0.05) is 127 Å². The van der Waals surface area contributed by atoms with E-state index in [-0.39, 0.29) is 0 Å². The van der Waals surface area contributed by atoms with Crippen molar-refractivity contribution >= 4 is 51.0 Å². The van der Waals surface area contributed by atoms with Crippen LogP contribution in [0.15, 0.2) is 170 Å². The second-order valence-electron chi connectivity index (χ2n) is 12.5. The van der Waals surface area contributed by atoms with Gasteiger partial charge in [0.1, 0.15) is 0 Å². The Balaban J connectivity index is 0.000000209. The molecule has 9 rings (SSSR count). The van der Waals surface area contributed by atoms with Crippen molar-refractivity contribution in [2.75, 3.05) is 17.7 Å². The van der Waals surface area contributed by atoms with E-state index in [9.17, 15) is 0 Å². The third-order valence-electron chi connectivity index (χ3n) is 9.44. The average Bonchev–Trinajstić information content (AvgIpc) is 3.42. The number of aromatic nitrogens is 1. The number of rotatable bonds is 4. The number of fused-ring (bicyclic) bond motifs is 5. The highest BCUT2D eigenvalue weighted by Crippen LogP contribution is 2.39. The minimum Gasteiger partial charge on any atom is -0.398 e. The van der Waals surface area contributed by atoms with Crippen molar-refractivity contribution in [3.63, 3.8) is 0 Å². The standard InChI is InChI=1S/C33H24N2.C13H13N/c1-34-30-13-7-5-9-23(30)15-16-26-21-24(17-19-31(26)34)25-18-20-33-29(22-25)28-12-6-8-14-32(28)35(33)27-10-3-2-4-11-27;14-13-9-5-4-8-12(13)10-11-6-2-1-3-7-11/h2-22H,1H3;1-9H,10,14H2. The maximum Gasteiger partial charge on any atom is 0.0541 e. The van der Waals surface area contributed by atoms with E-state index in [0.717, 1.165) is 12.1 Å². The predicted octanol–water partition coefficient (Wildman–Crippen LogP) is 11.6. The van der Waals surface area contributed by atoms with Crippen molar-refractivity contribution in [3.05, 3.63) is 192 Å². The van der Waals surface area contributed by atoms with Crippen LogP contribution in [0.1, 0.15) is 22.3 Å². The molecule has 0 spiro atoms. The second kappa shape index (κ2) is 13.1. The van der Waals surface area contributed by atoms with Crippen LogP contribution < -0.4 is 10.6 Å². The van der Waals surface area contributed by atoms with E-state index in [2.05, 4.69) is 174 Å². The third kappa shape index (κ3) is 5.88. The molecule has 1 aliphatic heterocycles. The SMILES string of the molecule is CN1c2ccccc2C=Cc2cc(-c3ccc4c(c3)c3ccccc3n4-c3ccccc3)ccc21.Nc1ccccc1Cc1ccccc1. The lowest BCUT2D eigenvalue weighted by Crippen LogP contribution is -2.11. The zero-order chi connectivity index (χ0) is 33.2. The lowest BCUT2D eigenvalue weighted by Gasteiger charge is -2.22. The lowest BCUT2D eigenvalue weighted by atomic mass is 9.99. The van der Waals surface area contributed by atoms with Gasteiger partial charge in [0.25, 0.3) is 0 Å². The predicted molar refractivity (Wildman–Crippen MR) is 210 cm³/mol. The molecule has 0 unspecified atom stereocenters. The molecule has 2 heterocycles. The molecule has 0 saturated carbocycles. The Morgan fingerprint density at radius 1 is 0.490 bits per heavy atom. The van der Waals surface area contributed by atoms with Gasteiger partial charge in [0.05, 0.1) is 11.0 Å². The van der Waals surface area contributed by atoms with E-state index in [1.807, 2.05) is 24.3 Å². The van der Waals surface area contributed by atoms with Crippen LogP contribution in [0.25, 0.3) is 50.8 Å². The maximum atomic E-state index is 5.87. The largest absolute Gasteiger partial charge is 0.398 e. The second-order valence-corrected chi connectivity index (χ2v) is 12.5. The summed E-state index contributed by atoms with van der Waals surface area (Å²) in [6.45, 7) is 0. The lowest BCUT2D eigenvalue weighted by molar-refractivity contribution is 1.18. The van der Waals surface area contributed by atoms with Gasteiger partial charge in [-0.15, -0.1) is 0 Å². The Bertz CT molecular complexity index is 2440. The monoisotopic (exact) mass is 631 g/mol. The Morgan fingerprint density at radius 2 is 1.10 bits per heavy atom. The van der Waals surface area contributed by atoms with Crippen molar-refractivity contribution in [2.24, 2.45) is 0 Å². The molecule has 0 aliphatic carbocycles. The van der Waals surface area contributed by atoms with Crippen molar-refractivity contribution < 1.29 is 0 Å². The molecular formula is C46H37N3. The molecule has 0 atom stereocenters. The van der Waals surface area contributed by atoms with Gasteiger partial charge in [0, 0.05) is 40.6 Å². The van der Waals surface area contributed by atoms with Gasteiger partial charge in [-0.25, -0.2) is 0 Å². The molecule has 8 aromatic rings. The molecule has 236 valence electrons. The van der Waals surface area contributed by atoms with E-state index in [4.69, 9.17) is 5.73 Å². The first-order chi connectivity index (χ1) is 24.1. The first kappa shape index (κ1) is 30.0. The Morgan fingerprint density at radius 3 is 1.94 bits per heavy atom. The highest BCUT2D eigenvalue weighted by molar-refractivity contribution is 6.10. The topological polar surface area (TPSA) is 34.2 Å². The van der Waals surface area contributed by atoms with E-state index in [0.29, 0.717) is 0 Å². The van der Waals surface area contributed by atoms with Crippen LogP contribution in [0.5, 0.6) is 0 Å². The van der Waals surface area contributed by atoms with Crippen molar-refractivity contribution in [3.8, 4) is 16.8 Å². The molecule has 0 saturated heterocycles. The van der Waals surface area contributed by atoms with E-state index in [1.165, 1.54) is 72.2 Å². The van der Waals surface area contributed by atoms with E-state index >= 15 is 0 Å². The van der Waals surface area contributed by atoms with E-state index in [1.54, 1.807) is 0 Å². The fourth-order valence-corrected chi connectivity index (χ4v) is 6.93. The summed E-state index contributed by atoms with van der Waals surface area (Å²) in [5.41, 5.74) is 20.2. The van der Waals surface area contributed by atoms with Crippen LogP contribution >= 0.6 is 0 Å². The summed E-state index contributed by atoms with van der Waals surface area (Å²) in [5.74, 6) is 0. The highest BCUT2D eigenvalue weighted by atomic mass is 15.1. The molecule has 0 radical (unpaired) electrons.